The standard InChI is InChI=1S/C17H30Cl2O2Si/c1-15(2)16(20)21-13-11-9-7-5-3-4-6-8-10-12-14-22-17(18)19/h17H,1,3-14H2,2H3. The Labute approximate surface area is 148 Å². The van der Waals surface area contributed by atoms with Crippen molar-refractivity contribution in [2.75, 3.05) is 6.61 Å². The van der Waals surface area contributed by atoms with Gasteiger partial charge in [-0.1, -0.05) is 70.4 Å². The van der Waals surface area contributed by atoms with Gasteiger partial charge >= 0.3 is 5.97 Å². The van der Waals surface area contributed by atoms with Crippen molar-refractivity contribution in [1.82, 2.24) is 0 Å². The molecular formula is C17H30Cl2O2Si. The lowest BCUT2D eigenvalue weighted by atomic mass is 10.1. The second kappa shape index (κ2) is 15.9. The lowest BCUT2D eigenvalue weighted by Crippen LogP contribution is -2.05. The molecule has 0 atom stereocenters. The molecule has 0 aliphatic rings. The molecule has 0 aromatic rings. The van der Waals surface area contributed by atoms with Crippen molar-refractivity contribution in [3.05, 3.63) is 12.2 Å². The third kappa shape index (κ3) is 16.4. The van der Waals surface area contributed by atoms with Crippen molar-refractivity contribution in [3.63, 3.8) is 0 Å². The first-order chi connectivity index (χ1) is 10.5. The van der Waals surface area contributed by atoms with Crippen LogP contribution < -0.4 is 0 Å². The number of halogens is 2. The van der Waals surface area contributed by atoms with Gasteiger partial charge in [-0.25, -0.2) is 4.79 Å². The quantitative estimate of drug-likeness (QED) is 0.119. The van der Waals surface area contributed by atoms with Crippen LogP contribution in [0.4, 0.5) is 0 Å². The van der Waals surface area contributed by atoms with Gasteiger partial charge in [0.05, 0.1) is 20.6 Å². The SMILES string of the molecule is C=C(C)C(=O)OCCCCCCCCCCCC[Si]C(Cl)Cl. The smallest absolute Gasteiger partial charge is 0.333 e. The Morgan fingerprint density at radius 3 is 1.86 bits per heavy atom. The largest absolute Gasteiger partial charge is 0.462 e. The fourth-order valence-electron chi connectivity index (χ4n) is 2.14. The first kappa shape index (κ1) is 22.0. The van der Waals surface area contributed by atoms with Crippen LogP contribution in [0.2, 0.25) is 6.04 Å². The third-order valence-electron chi connectivity index (χ3n) is 3.45. The van der Waals surface area contributed by atoms with Crippen LogP contribution in [0.25, 0.3) is 0 Å². The molecule has 0 bridgehead atoms. The minimum absolute atomic E-state index is 0.163. The molecule has 0 spiro atoms. The van der Waals surface area contributed by atoms with Gasteiger partial charge in [0.2, 0.25) is 0 Å². The number of unbranched alkanes of at least 4 members (excludes halogenated alkanes) is 9. The van der Waals surface area contributed by atoms with Gasteiger partial charge in [0.25, 0.3) is 0 Å². The predicted octanol–water partition coefficient (Wildman–Crippen LogP) is 5.89. The molecule has 0 fully saturated rings. The van der Waals surface area contributed by atoms with Crippen LogP contribution in [0.3, 0.4) is 0 Å². The Kier molecular flexibility index (Phi) is 15.9. The first-order valence-corrected chi connectivity index (χ1v) is 10.5. The van der Waals surface area contributed by atoms with Crippen molar-refractivity contribution >= 4 is 38.7 Å². The molecule has 2 nitrogen and oxygen atoms in total. The number of esters is 1. The summed E-state index contributed by atoms with van der Waals surface area (Å²) in [5, 5.41) is 0. The van der Waals surface area contributed by atoms with Gasteiger partial charge in [-0.05, 0) is 13.3 Å². The molecule has 0 rings (SSSR count). The summed E-state index contributed by atoms with van der Waals surface area (Å²) < 4.78 is 4.89. The fraction of sp³-hybridized carbons (Fsp3) is 0.824. The van der Waals surface area contributed by atoms with E-state index in [0.29, 0.717) is 21.7 Å². The molecule has 128 valence electrons. The van der Waals surface area contributed by atoms with Crippen LogP contribution in [0.1, 0.15) is 71.1 Å². The molecule has 0 aliphatic carbocycles. The maximum Gasteiger partial charge on any atom is 0.333 e. The van der Waals surface area contributed by atoms with E-state index in [0.717, 1.165) is 12.8 Å². The van der Waals surface area contributed by atoms with E-state index in [-0.39, 0.29) is 10.4 Å². The molecular weight excluding hydrogens is 335 g/mol. The van der Waals surface area contributed by atoms with Crippen LogP contribution in [-0.4, -0.2) is 26.6 Å². The topological polar surface area (TPSA) is 26.3 Å². The highest BCUT2D eigenvalue weighted by atomic mass is 35.5. The molecule has 0 N–H and O–H groups in total. The van der Waals surface area contributed by atoms with Gasteiger partial charge in [0, 0.05) is 5.57 Å². The molecule has 0 saturated carbocycles. The van der Waals surface area contributed by atoms with Crippen molar-refractivity contribution < 1.29 is 9.53 Å². The Bertz CT molecular complexity index is 296. The van der Waals surface area contributed by atoms with Gasteiger partial charge < -0.3 is 4.74 Å². The summed E-state index contributed by atoms with van der Waals surface area (Å²) in [5.74, 6) is -0.270. The normalized spacial score (nSPS) is 10.9. The average Bonchev–Trinajstić information content (AvgIpc) is 2.46. The van der Waals surface area contributed by atoms with E-state index >= 15 is 0 Å². The number of carbonyl (C=O) groups excluding carboxylic acids is 1. The first-order valence-electron chi connectivity index (χ1n) is 8.38. The zero-order chi connectivity index (χ0) is 16.6. The molecule has 0 aliphatic heterocycles. The van der Waals surface area contributed by atoms with Crippen molar-refractivity contribution in [2.45, 2.75) is 81.6 Å². The van der Waals surface area contributed by atoms with E-state index in [1.54, 1.807) is 6.92 Å². The third-order valence-corrected chi connectivity index (χ3v) is 5.33. The van der Waals surface area contributed by atoms with Crippen LogP contribution >= 0.6 is 23.2 Å². The molecule has 0 unspecified atom stereocenters. The predicted molar refractivity (Wildman–Crippen MR) is 98.0 cm³/mol. The Morgan fingerprint density at radius 2 is 1.41 bits per heavy atom. The highest BCUT2D eigenvalue weighted by Gasteiger charge is 2.02. The summed E-state index contributed by atoms with van der Waals surface area (Å²) in [6.45, 7) is 5.76. The van der Waals surface area contributed by atoms with Gasteiger partial charge in [0.1, 0.15) is 0 Å². The zero-order valence-electron chi connectivity index (χ0n) is 13.8. The van der Waals surface area contributed by atoms with Crippen LogP contribution in [0, 0.1) is 0 Å². The maximum atomic E-state index is 11.1. The zero-order valence-corrected chi connectivity index (χ0v) is 16.4. The minimum atomic E-state index is -0.270. The van der Waals surface area contributed by atoms with E-state index in [4.69, 9.17) is 27.9 Å². The van der Waals surface area contributed by atoms with E-state index in [9.17, 15) is 4.79 Å². The molecule has 5 heteroatoms. The van der Waals surface area contributed by atoms with Crippen LogP contribution in [-0.2, 0) is 9.53 Å². The molecule has 0 aromatic heterocycles. The maximum absolute atomic E-state index is 11.1. The molecule has 0 saturated heterocycles. The summed E-state index contributed by atoms with van der Waals surface area (Å²) in [6, 6.07) is 1.17. The minimum Gasteiger partial charge on any atom is -0.462 e. The average molecular weight is 365 g/mol. The van der Waals surface area contributed by atoms with Crippen molar-refractivity contribution in [2.24, 2.45) is 0 Å². The van der Waals surface area contributed by atoms with Crippen LogP contribution in [0.5, 0.6) is 0 Å². The Morgan fingerprint density at radius 1 is 0.955 bits per heavy atom. The van der Waals surface area contributed by atoms with Crippen molar-refractivity contribution in [3.8, 4) is 0 Å². The molecule has 0 heterocycles. The molecule has 0 aromatic carbocycles. The summed E-state index contributed by atoms with van der Waals surface area (Å²) in [6.07, 6.45) is 12.5. The van der Waals surface area contributed by atoms with Crippen LogP contribution in [0.15, 0.2) is 12.2 Å². The Hall–Kier alpha value is 0.00688. The number of rotatable bonds is 15. The van der Waals surface area contributed by atoms with E-state index < -0.39 is 0 Å². The number of ether oxygens (including phenoxy) is 1. The Balaban J connectivity index is 3.08. The van der Waals surface area contributed by atoms with Gasteiger partial charge in [-0.2, -0.15) is 0 Å². The van der Waals surface area contributed by atoms with Gasteiger partial charge in [-0.3, -0.25) is 0 Å². The van der Waals surface area contributed by atoms with E-state index in [1.807, 2.05) is 0 Å². The second-order valence-corrected chi connectivity index (χ2v) is 9.02. The lowest BCUT2D eigenvalue weighted by Gasteiger charge is -2.05. The summed E-state index contributed by atoms with van der Waals surface area (Å²) in [7, 11) is 0.692. The van der Waals surface area contributed by atoms with E-state index in [1.165, 1.54) is 57.4 Å². The van der Waals surface area contributed by atoms with Gasteiger partial charge in [0.15, 0.2) is 0 Å². The lowest BCUT2D eigenvalue weighted by molar-refractivity contribution is -0.139. The number of hydrogen-bond acceptors (Lipinski definition) is 2. The fourth-order valence-corrected chi connectivity index (χ4v) is 3.47. The number of alkyl halides is 2. The molecule has 22 heavy (non-hydrogen) atoms. The highest BCUT2D eigenvalue weighted by molar-refractivity contribution is 6.68. The summed E-state index contributed by atoms with van der Waals surface area (Å²) in [5.41, 5.74) is 0.477. The van der Waals surface area contributed by atoms with Gasteiger partial charge in [-0.15, -0.1) is 23.2 Å². The second-order valence-electron chi connectivity index (χ2n) is 5.71. The highest BCUT2D eigenvalue weighted by Crippen LogP contribution is 2.12. The number of carbonyl (C=O) groups is 1. The molecule has 2 radical (unpaired) electrons. The van der Waals surface area contributed by atoms with Crippen molar-refractivity contribution in [1.29, 1.82) is 0 Å². The summed E-state index contributed by atoms with van der Waals surface area (Å²) >= 11 is 11.4. The van der Waals surface area contributed by atoms with E-state index in [2.05, 4.69) is 6.58 Å². The molecule has 0 amide bonds. The summed E-state index contributed by atoms with van der Waals surface area (Å²) in [4.78, 5) is 11.1. The number of hydrogen-bond donors (Lipinski definition) is 0. The monoisotopic (exact) mass is 364 g/mol.